The molecular formula is C14H17NO3. The molecule has 0 radical (unpaired) electrons. The number of amides is 1. The van der Waals surface area contributed by atoms with E-state index < -0.39 is 0 Å². The van der Waals surface area contributed by atoms with E-state index in [2.05, 4.69) is 5.32 Å². The van der Waals surface area contributed by atoms with E-state index in [9.17, 15) is 14.7 Å². The van der Waals surface area contributed by atoms with Crippen molar-refractivity contribution < 1.29 is 14.7 Å². The molecule has 0 aliphatic carbocycles. The Morgan fingerprint density at radius 2 is 2.00 bits per heavy atom. The van der Waals surface area contributed by atoms with E-state index in [0.717, 1.165) is 11.1 Å². The first-order valence-corrected chi connectivity index (χ1v) is 5.67. The van der Waals surface area contributed by atoms with Gasteiger partial charge in [-0.25, -0.2) is 0 Å². The van der Waals surface area contributed by atoms with E-state index in [1.165, 1.54) is 13.8 Å². The third-order valence-electron chi connectivity index (χ3n) is 2.53. The fraction of sp³-hybridized carbons (Fsp3) is 0.286. The summed E-state index contributed by atoms with van der Waals surface area (Å²) in [4.78, 5) is 21.9. The first kappa shape index (κ1) is 14.0. The molecule has 18 heavy (non-hydrogen) atoms. The second-order valence-corrected chi connectivity index (χ2v) is 4.12. The van der Waals surface area contributed by atoms with Crippen LogP contribution in [0.4, 0.5) is 0 Å². The highest BCUT2D eigenvalue weighted by Gasteiger charge is 2.08. The number of hydrogen-bond donors (Lipinski definition) is 2. The largest absolute Gasteiger partial charge is 0.507 e. The van der Waals surface area contributed by atoms with E-state index >= 15 is 0 Å². The third kappa shape index (κ3) is 3.73. The van der Waals surface area contributed by atoms with Gasteiger partial charge in [0, 0.05) is 13.5 Å². The molecule has 0 aliphatic rings. The standard InChI is InChI=1S/C14H17NO3/c1-9-7-13(10(2)16)14(18)8-12(9)5-4-6-15-11(3)17/h4-5,7-8,18H,6H2,1-3H3,(H,15,17). The summed E-state index contributed by atoms with van der Waals surface area (Å²) in [6, 6.07) is 3.21. The number of phenolic OH excluding ortho intramolecular Hbond substituents is 1. The van der Waals surface area contributed by atoms with Gasteiger partial charge in [-0.3, -0.25) is 9.59 Å². The molecule has 0 fully saturated rings. The molecule has 1 rings (SSSR count). The van der Waals surface area contributed by atoms with Gasteiger partial charge in [0.05, 0.1) is 5.56 Å². The zero-order valence-corrected chi connectivity index (χ0v) is 10.8. The van der Waals surface area contributed by atoms with Crippen molar-refractivity contribution >= 4 is 17.8 Å². The van der Waals surface area contributed by atoms with Gasteiger partial charge < -0.3 is 10.4 Å². The summed E-state index contributed by atoms with van der Waals surface area (Å²) in [5, 5.41) is 12.3. The van der Waals surface area contributed by atoms with Crippen LogP contribution in [0.3, 0.4) is 0 Å². The van der Waals surface area contributed by atoms with Crippen LogP contribution in [0.5, 0.6) is 5.75 Å². The van der Waals surface area contributed by atoms with Gasteiger partial charge in [0.1, 0.15) is 5.75 Å². The number of benzene rings is 1. The number of carbonyl (C=O) groups is 2. The predicted molar refractivity (Wildman–Crippen MR) is 70.6 cm³/mol. The van der Waals surface area contributed by atoms with Crippen LogP contribution in [0.2, 0.25) is 0 Å². The van der Waals surface area contributed by atoms with Gasteiger partial charge in [-0.05, 0) is 37.1 Å². The highest BCUT2D eigenvalue weighted by molar-refractivity contribution is 5.97. The van der Waals surface area contributed by atoms with Crippen LogP contribution in [0.25, 0.3) is 6.08 Å². The average molecular weight is 247 g/mol. The molecule has 0 aliphatic heterocycles. The van der Waals surface area contributed by atoms with Gasteiger partial charge >= 0.3 is 0 Å². The van der Waals surface area contributed by atoms with Gasteiger partial charge in [0.15, 0.2) is 5.78 Å². The topological polar surface area (TPSA) is 66.4 Å². The summed E-state index contributed by atoms with van der Waals surface area (Å²) in [5.41, 5.74) is 2.05. The molecule has 1 aromatic carbocycles. The average Bonchev–Trinajstić information content (AvgIpc) is 2.27. The fourth-order valence-corrected chi connectivity index (χ4v) is 1.56. The number of phenols is 1. The van der Waals surface area contributed by atoms with Crippen LogP contribution < -0.4 is 5.32 Å². The van der Waals surface area contributed by atoms with Gasteiger partial charge in [-0.2, -0.15) is 0 Å². The van der Waals surface area contributed by atoms with Crippen molar-refractivity contribution in [3.05, 3.63) is 34.9 Å². The maximum Gasteiger partial charge on any atom is 0.217 e. The van der Waals surface area contributed by atoms with Gasteiger partial charge in [0.25, 0.3) is 0 Å². The van der Waals surface area contributed by atoms with Crippen LogP contribution in [0, 0.1) is 6.92 Å². The third-order valence-corrected chi connectivity index (χ3v) is 2.53. The molecule has 0 saturated heterocycles. The Morgan fingerprint density at radius 3 is 2.56 bits per heavy atom. The summed E-state index contributed by atoms with van der Waals surface area (Å²) in [5.74, 6) is -0.275. The number of nitrogens with one attached hydrogen (secondary N) is 1. The van der Waals surface area contributed by atoms with Crippen LogP contribution in [0.15, 0.2) is 18.2 Å². The number of ketones is 1. The summed E-state index contributed by atoms with van der Waals surface area (Å²) in [7, 11) is 0. The van der Waals surface area contributed by atoms with Crippen molar-refractivity contribution in [2.24, 2.45) is 0 Å². The predicted octanol–water partition coefficient (Wildman–Crippen LogP) is 2.05. The highest BCUT2D eigenvalue weighted by Crippen LogP contribution is 2.23. The minimum absolute atomic E-state index is 0.0210. The Hall–Kier alpha value is -2.10. The zero-order valence-electron chi connectivity index (χ0n) is 10.8. The first-order valence-electron chi connectivity index (χ1n) is 5.67. The zero-order chi connectivity index (χ0) is 13.7. The van der Waals surface area contributed by atoms with Crippen molar-refractivity contribution in [2.75, 3.05) is 6.54 Å². The van der Waals surface area contributed by atoms with Crippen molar-refractivity contribution in [1.82, 2.24) is 5.32 Å². The van der Waals surface area contributed by atoms with Crippen molar-refractivity contribution in [3.63, 3.8) is 0 Å². The lowest BCUT2D eigenvalue weighted by molar-refractivity contribution is -0.118. The van der Waals surface area contributed by atoms with Gasteiger partial charge in [-0.15, -0.1) is 0 Å². The normalized spacial score (nSPS) is 10.6. The molecule has 0 bridgehead atoms. The Kier molecular flexibility index (Phi) is 4.66. The van der Waals surface area contributed by atoms with E-state index in [1.54, 1.807) is 24.3 Å². The number of hydrogen-bond acceptors (Lipinski definition) is 3. The lowest BCUT2D eigenvalue weighted by Crippen LogP contribution is -2.19. The molecule has 1 amide bonds. The van der Waals surface area contributed by atoms with Crippen LogP contribution in [-0.2, 0) is 4.79 Å². The van der Waals surface area contributed by atoms with E-state index in [0.29, 0.717) is 12.1 Å². The summed E-state index contributed by atoms with van der Waals surface area (Å²) in [6.45, 7) is 5.17. The Balaban J connectivity index is 2.88. The monoisotopic (exact) mass is 247 g/mol. The lowest BCUT2D eigenvalue weighted by Gasteiger charge is -2.06. The Bertz CT molecular complexity index is 504. The number of aromatic hydroxyl groups is 1. The number of carbonyl (C=O) groups excluding carboxylic acids is 2. The minimum atomic E-state index is -0.163. The molecule has 4 nitrogen and oxygen atoms in total. The molecule has 0 aromatic heterocycles. The molecule has 4 heteroatoms. The molecular weight excluding hydrogens is 230 g/mol. The molecule has 0 spiro atoms. The molecule has 0 heterocycles. The van der Waals surface area contributed by atoms with Crippen molar-refractivity contribution in [3.8, 4) is 5.75 Å². The number of Topliss-reactive ketones (excluding diaryl/α,β-unsaturated/α-hetero) is 1. The lowest BCUT2D eigenvalue weighted by atomic mass is 10.0. The summed E-state index contributed by atoms with van der Waals surface area (Å²) in [6.07, 6.45) is 3.59. The maximum atomic E-state index is 11.2. The Labute approximate surface area is 106 Å². The van der Waals surface area contributed by atoms with Gasteiger partial charge in [-0.1, -0.05) is 12.2 Å². The molecule has 0 saturated carbocycles. The van der Waals surface area contributed by atoms with Crippen molar-refractivity contribution in [2.45, 2.75) is 20.8 Å². The van der Waals surface area contributed by atoms with E-state index in [-0.39, 0.29) is 17.4 Å². The maximum absolute atomic E-state index is 11.2. The quantitative estimate of drug-likeness (QED) is 0.800. The molecule has 96 valence electrons. The number of rotatable bonds is 4. The van der Waals surface area contributed by atoms with E-state index in [4.69, 9.17) is 0 Å². The van der Waals surface area contributed by atoms with Crippen LogP contribution in [0.1, 0.15) is 35.3 Å². The SMILES string of the molecule is CC(=O)NCC=Cc1cc(O)c(C(C)=O)cc1C. The molecule has 0 atom stereocenters. The van der Waals surface area contributed by atoms with Crippen molar-refractivity contribution in [1.29, 1.82) is 0 Å². The first-order chi connectivity index (χ1) is 8.41. The second-order valence-electron chi connectivity index (χ2n) is 4.12. The van der Waals surface area contributed by atoms with Gasteiger partial charge in [0.2, 0.25) is 5.91 Å². The smallest absolute Gasteiger partial charge is 0.217 e. The summed E-state index contributed by atoms with van der Waals surface area (Å²) >= 11 is 0. The van der Waals surface area contributed by atoms with E-state index in [1.807, 2.05) is 6.92 Å². The Morgan fingerprint density at radius 1 is 1.33 bits per heavy atom. The fourth-order valence-electron chi connectivity index (χ4n) is 1.56. The molecule has 1 aromatic rings. The highest BCUT2D eigenvalue weighted by atomic mass is 16.3. The van der Waals surface area contributed by atoms with Crippen LogP contribution in [-0.4, -0.2) is 23.3 Å². The molecule has 2 N–H and O–H groups in total. The number of aryl methyl sites for hydroxylation is 1. The second kappa shape index (κ2) is 6.00. The van der Waals surface area contributed by atoms with Crippen LogP contribution >= 0.6 is 0 Å². The molecule has 0 unspecified atom stereocenters. The summed E-state index contributed by atoms with van der Waals surface area (Å²) < 4.78 is 0. The minimum Gasteiger partial charge on any atom is -0.507 e.